The van der Waals surface area contributed by atoms with E-state index in [1.54, 1.807) is 6.21 Å². The van der Waals surface area contributed by atoms with Gasteiger partial charge in [-0.3, -0.25) is 24.3 Å². The first-order valence-corrected chi connectivity index (χ1v) is 14.3. The van der Waals surface area contributed by atoms with Crippen LogP contribution in [0.1, 0.15) is 23.1 Å². The summed E-state index contributed by atoms with van der Waals surface area (Å²) in [5, 5.41) is 12.7. The number of nitrogens with zero attached hydrogens (tertiary/aromatic N) is 6. The highest BCUT2D eigenvalue weighted by Crippen LogP contribution is 2.27. The predicted octanol–water partition coefficient (Wildman–Crippen LogP) is 5.14. The van der Waals surface area contributed by atoms with Crippen molar-refractivity contribution in [1.82, 2.24) is 20.1 Å². The molecule has 9 heteroatoms. The van der Waals surface area contributed by atoms with E-state index in [0.29, 0.717) is 10.9 Å². The van der Waals surface area contributed by atoms with Gasteiger partial charge in [-0.05, 0) is 30.0 Å². The van der Waals surface area contributed by atoms with E-state index >= 15 is 0 Å². The fourth-order valence-electron chi connectivity index (χ4n) is 4.50. The van der Waals surface area contributed by atoms with Crippen molar-refractivity contribution in [2.75, 3.05) is 18.8 Å². The van der Waals surface area contributed by atoms with Crippen LogP contribution in [-0.4, -0.2) is 57.0 Å². The van der Waals surface area contributed by atoms with Gasteiger partial charge in [0.1, 0.15) is 5.71 Å². The third-order valence-electron chi connectivity index (χ3n) is 6.47. The Labute approximate surface area is 242 Å². The van der Waals surface area contributed by atoms with Crippen molar-refractivity contribution in [2.45, 2.75) is 11.3 Å². The molecule has 0 spiro atoms. The summed E-state index contributed by atoms with van der Waals surface area (Å²) >= 11 is 1.36. The number of hydrogen-bond acceptors (Lipinski definition) is 8. The molecule has 41 heavy (non-hydrogen) atoms. The molecule has 1 aromatic heterocycles. The number of thioether (sulfide) groups is 1. The summed E-state index contributed by atoms with van der Waals surface area (Å²) in [6.07, 6.45) is 7.28. The molecule has 202 valence electrons. The van der Waals surface area contributed by atoms with Crippen LogP contribution in [0, 0.1) is 0 Å². The van der Waals surface area contributed by atoms with Gasteiger partial charge < -0.3 is 5.32 Å². The average molecular weight is 558 g/mol. The van der Waals surface area contributed by atoms with Crippen LogP contribution in [0.5, 0.6) is 0 Å². The number of aromatic nitrogens is 3. The molecular weight excluding hydrogens is 530 g/mol. The Morgan fingerprint density at radius 3 is 2.41 bits per heavy atom. The lowest BCUT2D eigenvalue weighted by atomic mass is 10.1. The molecule has 3 aromatic carbocycles. The van der Waals surface area contributed by atoms with Crippen LogP contribution in [0.15, 0.2) is 129 Å². The molecule has 2 aliphatic heterocycles. The quantitative estimate of drug-likeness (QED) is 0.215. The highest BCUT2D eigenvalue weighted by atomic mass is 32.2. The maximum atomic E-state index is 12.9. The second-order valence-corrected chi connectivity index (χ2v) is 10.3. The van der Waals surface area contributed by atoms with Gasteiger partial charge in [0.15, 0.2) is 22.9 Å². The number of hydrogen-bond donors (Lipinski definition) is 1. The highest BCUT2D eigenvalue weighted by molar-refractivity contribution is 7.99. The smallest absolute Gasteiger partial charge is 0.196 e. The Balaban J connectivity index is 1.16. The van der Waals surface area contributed by atoms with E-state index < -0.39 is 0 Å². The number of ketones is 1. The van der Waals surface area contributed by atoms with E-state index in [9.17, 15) is 4.79 Å². The topological polar surface area (TPSA) is 96.9 Å². The molecule has 0 aliphatic carbocycles. The number of Topliss-reactive ketones (excluding diaryl/α,β-unsaturated/α-hetero) is 1. The van der Waals surface area contributed by atoms with Crippen LogP contribution in [-0.2, 0) is 4.79 Å². The number of allylic oxidation sites excluding steroid dienone is 2. The van der Waals surface area contributed by atoms with E-state index in [4.69, 9.17) is 9.98 Å². The SMILES string of the molecule is O=C(CN=CC1=NC(c2ccccc2)N=C1c1ccccc1)CSc1nnc(C2=CCNC=C2)n1-c1ccccc1. The van der Waals surface area contributed by atoms with Crippen molar-refractivity contribution in [1.29, 1.82) is 0 Å². The van der Waals surface area contributed by atoms with Crippen LogP contribution >= 0.6 is 11.8 Å². The first-order valence-electron chi connectivity index (χ1n) is 13.3. The van der Waals surface area contributed by atoms with Crippen LogP contribution in [0.3, 0.4) is 0 Å². The lowest BCUT2D eigenvalue weighted by Crippen LogP contribution is -2.15. The van der Waals surface area contributed by atoms with Crippen LogP contribution in [0.25, 0.3) is 11.3 Å². The third kappa shape index (κ3) is 6.15. The highest BCUT2D eigenvalue weighted by Gasteiger charge is 2.22. The first-order chi connectivity index (χ1) is 20.3. The summed E-state index contributed by atoms with van der Waals surface area (Å²) in [5.41, 5.74) is 5.33. The zero-order chi connectivity index (χ0) is 27.9. The minimum absolute atomic E-state index is 0.0206. The molecule has 0 saturated carbocycles. The van der Waals surface area contributed by atoms with Gasteiger partial charge in [0.2, 0.25) is 0 Å². The van der Waals surface area contributed by atoms with Gasteiger partial charge in [-0.2, -0.15) is 0 Å². The van der Waals surface area contributed by atoms with Gasteiger partial charge in [0, 0.05) is 29.6 Å². The number of rotatable bonds is 10. The molecule has 1 unspecified atom stereocenters. The van der Waals surface area contributed by atoms with E-state index in [1.807, 2.05) is 108 Å². The van der Waals surface area contributed by atoms with E-state index in [-0.39, 0.29) is 24.2 Å². The standard InChI is InChI=1S/C32H27N7OS/c40-27(22-41-32-38-37-31(25-16-18-33-19-17-25)39(32)26-14-8-3-9-15-26)20-34-21-28-29(23-10-4-1-5-11-23)36-30(35-28)24-12-6-2-7-13-24/h1-18,21,30,33H,19-20,22H2. The zero-order valence-corrected chi connectivity index (χ0v) is 23.0. The summed E-state index contributed by atoms with van der Waals surface area (Å²) in [6, 6.07) is 29.8. The molecule has 0 bridgehead atoms. The second kappa shape index (κ2) is 12.5. The van der Waals surface area contributed by atoms with Gasteiger partial charge >= 0.3 is 0 Å². The molecule has 3 heterocycles. The number of benzene rings is 3. The number of dihydropyridines is 1. The van der Waals surface area contributed by atoms with Crippen molar-refractivity contribution in [3.63, 3.8) is 0 Å². The Morgan fingerprint density at radius 1 is 0.951 bits per heavy atom. The number of carbonyl (C=O) groups excluding carboxylic acids is 1. The van der Waals surface area contributed by atoms with Gasteiger partial charge in [0.25, 0.3) is 0 Å². The summed E-state index contributed by atoms with van der Waals surface area (Å²) in [4.78, 5) is 27.0. The zero-order valence-electron chi connectivity index (χ0n) is 22.2. The Morgan fingerprint density at radius 2 is 1.68 bits per heavy atom. The Bertz CT molecular complexity index is 1670. The first kappa shape index (κ1) is 26.3. The van der Waals surface area contributed by atoms with E-state index in [0.717, 1.165) is 40.5 Å². The van der Waals surface area contributed by atoms with Crippen molar-refractivity contribution in [3.8, 4) is 5.69 Å². The molecular formula is C32H27N7OS. The molecule has 1 atom stereocenters. The molecule has 0 saturated heterocycles. The lowest BCUT2D eigenvalue weighted by Gasteiger charge is -2.12. The van der Waals surface area contributed by atoms with E-state index in [1.165, 1.54) is 11.8 Å². The molecule has 0 fully saturated rings. The molecule has 8 nitrogen and oxygen atoms in total. The van der Waals surface area contributed by atoms with Crippen molar-refractivity contribution >= 4 is 40.8 Å². The number of aliphatic imine (C=N–C) groups is 3. The van der Waals surface area contributed by atoms with Crippen molar-refractivity contribution in [3.05, 3.63) is 126 Å². The van der Waals surface area contributed by atoms with Crippen LogP contribution < -0.4 is 5.32 Å². The lowest BCUT2D eigenvalue weighted by molar-refractivity contribution is -0.115. The average Bonchev–Trinajstić information content (AvgIpc) is 3.67. The van der Waals surface area contributed by atoms with Crippen molar-refractivity contribution in [2.24, 2.45) is 15.0 Å². The second-order valence-electron chi connectivity index (χ2n) is 9.32. The van der Waals surface area contributed by atoms with Gasteiger partial charge in [0.05, 0.1) is 18.0 Å². The summed E-state index contributed by atoms with van der Waals surface area (Å²) < 4.78 is 1.99. The molecule has 2 aliphatic rings. The maximum absolute atomic E-state index is 12.9. The Kier molecular flexibility index (Phi) is 8.05. The fraction of sp³-hybridized carbons (Fsp3) is 0.125. The van der Waals surface area contributed by atoms with Crippen LogP contribution in [0.4, 0.5) is 0 Å². The molecule has 6 rings (SSSR count). The maximum Gasteiger partial charge on any atom is 0.196 e. The summed E-state index contributed by atoms with van der Waals surface area (Å²) in [5.74, 6) is 0.937. The minimum Gasteiger partial charge on any atom is -0.387 e. The summed E-state index contributed by atoms with van der Waals surface area (Å²) in [7, 11) is 0. The van der Waals surface area contributed by atoms with Crippen molar-refractivity contribution < 1.29 is 4.79 Å². The molecule has 0 amide bonds. The van der Waals surface area contributed by atoms with Gasteiger partial charge in [-0.15, -0.1) is 10.2 Å². The molecule has 4 aromatic rings. The number of para-hydroxylation sites is 1. The van der Waals surface area contributed by atoms with Gasteiger partial charge in [-0.25, -0.2) is 0 Å². The molecule has 0 radical (unpaired) electrons. The molecule has 1 N–H and O–H groups in total. The van der Waals surface area contributed by atoms with E-state index in [2.05, 4.69) is 26.6 Å². The fourth-order valence-corrected chi connectivity index (χ4v) is 5.30. The van der Waals surface area contributed by atoms with Crippen LogP contribution in [0.2, 0.25) is 0 Å². The monoisotopic (exact) mass is 557 g/mol. The van der Waals surface area contributed by atoms with Gasteiger partial charge in [-0.1, -0.05) is 96.7 Å². The number of nitrogens with one attached hydrogen (secondary N) is 1. The third-order valence-corrected chi connectivity index (χ3v) is 7.46. The number of carbonyl (C=O) groups is 1. The predicted molar refractivity (Wildman–Crippen MR) is 165 cm³/mol. The summed E-state index contributed by atoms with van der Waals surface area (Å²) in [6.45, 7) is 0.760. The normalized spacial score (nSPS) is 16.3. The largest absolute Gasteiger partial charge is 0.387 e. The minimum atomic E-state index is -0.331. The Hall–Kier alpha value is -4.89.